The Balaban J connectivity index is 1.84. The van der Waals surface area contributed by atoms with E-state index in [2.05, 4.69) is 20.6 Å². The van der Waals surface area contributed by atoms with Crippen molar-refractivity contribution in [2.24, 2.45) is 0 Å². The van der Waals surface area contributed by atoms with E-state index < -0.39 is 24.0 Å². The van der Waals surface area contributed by atoms with Crippen LogP contribution in [0.4, 0.5) is 4.79 Å². The average molecular weight is 424 g/mol. The number of nitrogens with one attached hydrogen (secondary N) is 2. The lowest BCUT2D eigenvalue weighted by molar-refractivity contribution is -0.129. The molecule has 0 bridgehead atoms. The van der Waals surface area contributed by atoms with Gasteiger partial charge in [-0.05, 0) is 26.0 Å². The highest BCUT2D eigenvalue weighted by Gasteiger charge is 2.29. The number of ether oxygens (including phenoxy) is 1. The standard InChI is InChI=1S/C21H20N4O4S/c1-3-22-21(28)25-18(26)16(14-9-5-4-6-10-14)29-20(27)17-13(2)24-19(30-17)15-11-7-8-12-23-15/h4-12,16H,3H2,1-2H3,(H2,22,25,26,28). The third kappa shape index (κ3) is 5.06. The molecule has 0 aliphatic rings. The normalized spacial score (nSPS) is 11.4. The molecule has 1 atom stereocenters. The number of urea groups is 1. The molecular weight excluding hydrogens is 404 g/mol. The number of esters is 1. The van der Waals surface area contributed by atoms with Crippen LogP contribution >= 0.6 is 11.3 Å². The maximum absolute atomic E-state index is 12.9. The molecule has 0 aliphatic carbocycles. The fraction of sp³-hybridized carbons (Fsp3) is 0.190. The summed E-state index contributed by atoms with van der Waals surface area (Å²) < 4.78 is 5.51. The molecule has 0 aliphatic heterocycles. The van der Waals surface area contributed by atoms with Crippen molar-refractivity contribution < 1.29 is 19.1 Å². The summed E-state index contributed by atoms with van der Waals surface area (Å²) in [7, 11) is 0. The number of pyridine rings is 1. The molecule has 154 valence electrons. The van der Waals surface area contributed by atoms with E-state index >= 15 is 0 Å². The lowest BCUT2D eigenvalue weighted by Gasteiger charge is -2.17. The zero-order valence-corrected chi connectivity index (χ0v) is 17.2. The van der Waals surface area contributed by atoms with Crippen molar-refractivity contribution >= 4 is 29.2 Å². The van der Waals surface area contributed by atoms with E-state index in [4.69, 9.17) is 4.74 Å². The smallest absolute Gasteiger partial charge is 0.351 e. The highest BCUT2D eigenvalue weighted by molar-refractivity contribution is 7.17. The number of carbonyl (C=O) groups is 3. The second kappa shape index (κ2) is 9.75. The Bertz CT molecular complexity index is 1040. The second-order valence-electron chi connectivity index (χ2n) is 6.19. The number of amides is 3. The van der Waals surface area contributed by atoms with Crippen molar-refractivity contribution in [2.75, 3.05) is 6.54 Å². The molecule has 9 heteroatoms. The molecule has 30 heavy (non-hydrogen) atoms. The molecule has 2 N–H and O–H groups in total. The van der Waals surface area contributed by atoms with Crippen LogP contribution in [0, 0.1) is 6.92 Å². The minimum Gasteiger partial charge on any atom is -0.443 e. The molecule has 2 heterocycles. The summed E-state index contributed by atoms with van der Waals surface area (Å²) in [5.41, 5.74) is 1.56. The summed E-state index contributed by atoms with van der Waals surface area (Å²) in [4.78, 5) is 46.1. The number of hydrogen-bond donors (Lipinski definition) is 2. The van der Waals surface area contributed by atoms with Crippen LogP contribution in [0.5, 0.6) is 0 Å². The van der Waals surface area contributed by atoms with Crippen molar-refractivity contribution in [3.8, 4) is 10.7 Å². The van der Waals surface area contributed by atoms with Crippen LogP contribution in [-0.4, -0.2) is 34.4 Å². The van der Waals surface area contributed by atoms with Crippen LogP contribution in [0.1, 0.15) is 34.0 Å². The van der Waals surface area contributed by atoms with Gasteiger partial charge in [0.2, 0.25) is 6.10 Å². The molecule has 0 fully saturated rings. The molecule has 8 nitrogen and oxygen atoms in total. The molecule has 0 spiro atoms. The summed E-state index contributed by atoms with van der Waals surface area (Å²) >= 11 is 1.13. The van der Waals surface area contributed by atoms with Gasteiger partial charge in [0.15, 0.2) is 0 Å². The Morgan fingerprint density at radius 2 is 1.83 bits per heavy atom. The Labute approximate surface area is 177 Å². The molecule has 1 aromatic carbocycles. The van der Waals surface area contributed by atoms with Gasteiger partial charge in [0.25, 0.3) is 5.91 Å². The van der Waals surface area contributed by atoms with Crippen LogP contribution in [0.3, 0.4) is 0 Å². The van der Waals surface area contributed by atoms with Crippen molar-refractivity contribution in [3.63, 3.8) is 0 Å². The van der Waals surface area contributed by atoms with Crippen molar-refractivity contribution in [3.05, 3.63) is 70.9 Å². The first-order valence-electron chi connectivity index (χ1n) is 9.23. The maximum atomic E-state index is 12.9. The zero-order valence-electron chi connectivity index (χ0n) is 16.4. The Morgan fingerprint density at radius 3 is 2.50 bits per heavy atom. The molecule has 3 aromatic rings. The van der Waals surface area contributed by atoms with E-state index in [-0.39, 0.29) is 4.88 Å². The Hall–Kier alpha value is -3.59. The van der Waals surface area contributed by atoms with Gasteiger partial charge >= 0.3 is 12.0 Å². The van der Waals surface area contributed by atoms with Crippen molar-refractivity contribution in [1.82, 2.24) is 20.6 Å². The third-order valence-corrected chi connectivity index (χ3v) is 5.17. The number of hydrogen-bond acceptors (Lipinski definition) is 7. The first-order valence-corrected chi connectivity index (χ1v) is 10.0. The number of aryl methyl sites for hydroxylation is 1. The van der Waals surface area contributed by atoms with Gasteiger partial charge in [0, 0.05) is 18.3 Å². The maximum Gasteiger partial charge on any atom is 0.351 e. The van der Waals surface area contributed by atoms with E-state index in [1.54, 1.807) is 62.5 Å². The van der Waals surface area contributed by atoms with Crippen LogP contribution in [0.15, 0.2) is 54.7 Å². The van der Waals surface area contributed by atoms with Crippen molar-refractivity contribution in [2.45, 2.75) is 20.0 Å². The van der Waals surface area contributed by atoms with E-state index in [1.807, 2.05) is 6.07 Å². The van der Waals surface area contributed by atoms with E-state index in [0.29, 0.717) is 28.5 Å². The fourth-order valence-corrected chi connectivity index (χ4v) is 3.55. The second-order valence-corrected chi connectivity index (χ2v) is 7.19. The molecule has 0 saturated heterocycles. The fourth-order valence-electron chi connectivity index (χ4n) is 2.63. The number of benzene rings is 1. The highest BCUT2D eigenvalue weighted by atomic mass is 32.1. The topological polar surface area (TPSA) is 110 Å². The van der Waals surface area contributed by atoms with E-state index in [1.165, 1.54) is 0 Å². The molecule has 2 aromatic heterocycles. The number of nitrogens with zero attached hydrogens (tertiary/aromatic N) is 2. The minimum atomic E-state index is -1.29. The highest BCUT2D eigenvalue weighted by Crippen LogP contribution is 2.29. The van der Waals surface area contributed by atoms with Crippen LogP contribution in [-0.2, 0) is 9.53 Å². The SMILES string of the molecule is CCNC(=O)NC(=O)C(OC(=O)c1sc(-c2ccccn2)nc1C)c1ccccc1. The predicted octanol–water partition coefficient (Wildman–Crippen LogP) is 3.26. The molecular formula is C21H20N4O4S. The third-order valence-electron chi connectivity index (χ3n) is 4.01. The average Bonchev–Trinajstić information content (AvgIpc) is 3.15. The van der Waals surface area contributed by atoms with Gasteiger partial charge in [0.05, 0.1) is 11.4 Å². The number of carbonyl (C=O) groups excluding carboxylic acids is 3. The molecule has 1 unspecified atom stereocenters. The first-order chi connectivity index (χ1) is 14.5. The van der Waals surface area contributed by atoms with Crippen molar-refractivity contribution in [1.29, 1.82) is 0 Å². The van der Waals surface area contributed by atoms with Gasteiger partial charge in [-0.1, -0.05) is 36.4 Å². The van der Waals surface area contributed by atoms with Gasteiger partial charge in [-0.15, -0.1) is 11.3 Å². The minimum absolute atomic E-state index is 0.266. The lowest BCUT2D eigenvalue weighted by Crippen LogP contribution is -2.42. The van der Waals surface area contributed by atoms with Gasteiger partial charge in [0.1, 0.15) is 9.88 Å². The Morgan fingerprint density at radius 1 is 1.10 bits per heavy atom. The van der Waals surface area contributed by atoms with Gasteiger partial charge in [-0.2, -0.15) is 0 Å². The van der Waals surface area contributed by atoms with Gasteiger partial charge < -0.3 is 10.1 Å². The largest absolute Gasteiger partial charge is 0.443 e. The van der Waals surface area contributed by atoms with E-state index in [0.717, 1.165) is 11.3 Å². The van der Waals surface area contributed by atoms with Gasteiger partial charge in [-0.3, -0.25) is 15.1 Å². The summed E-state index contributed by atoms with van der Waals surface area (Å²) in [5, 5.41) is 5.24. The number of aromatic nitrogens is 2. The van der Waals surface area contributed by atoms with Crippen LogP contribution < -0.4 is 10.6 Å². The quantitative estimate of drug-likeness (QED) is 0.588. The number of thiazole rings is 1. The summed E-state index contributed by atoms with van der Waals surface area (Å²) in [5.74, 6) is -1.44. The number of imide groups is 1. The molecule has 0 saturated carbocycles. The summed E-state index contributed by atoms with van der Waals surface area (Å²) in [6, 6.07) is 13.2. The predicted molar refractivity (Wildman–Crippen MR) is 112 cm³/mol. The monoisotopic (exact) mass is 424 g/mol. The Kier molecular flexibility index (Phi) is 6.87. The number of rotatable bonds is 6. The zero-order chi connectivity index (χ0) is 21.5. The summed E-state index contributed by atoms with van der Waals surface area (Å²) in [6.45, 7) is 3.77. The lowest BCUT2D eigenvalue weighted by atomic mass is 10.1. The van der Waals surface area contributed by atoms with Crippen LogP contribution in [0.2, 0.25) is 0 Å². The van der Waals surface area contributed by atoms with Crippen LogP contribution in [0.25, 0.3) is 10.7 Å². The molecule has 3 amide bonds. The first kappa shape index (κ1) is 21.1. The van der Waals surface area contributed by atoms with E-state index in [9.17, 15) is 14.4 Å². The summed E-state index contributed by atoms with van der Waals surface area (Å²) in [6.07, 6.45) is 0.349. The molecule has 0 radical (unpaired) electrons. The van der Waals surface area contributed by atoms with Gasteiger partial charge in [-0.25, -0.2) is 14.6 Å². The molecule has 3 rings (SSSR count).